The van der Waals surface area contributed by atoms with E-state index in [4.69, 9.17) is 0 Å². The van der Waals surface area contributed by atoms with Crippen LogP contribution in [0.1, 0.15) is 162 Å². The molecule has 4 aliphatic rings. The zero-order chi connectivity index (χ0) is 47.5. The van der Waals surface area contributed by atoms with Crippen LogP contribution in [0.3, 0.4) is 0 Å². The molecule has 0 fully saturated rings. The molecule has 0 N–H and O–H groups in total. The molecule has 1 heterocycles. The molecule has 0 amide bonds. The number of hydrogen-bond donors (Lipinski definition) is 0. The highest BCUT2D eigenvalue weighted by Crippen LogP contribution is 2.64. The van der Waals surface area contributed by atoms with E-state index in [-0.39, 0.29) is 16.2 Å². The lowest BCUT2D eigenvalue weighted by Gasteiger charge is -2.42. The van der Waals surface area contributed by atoms with Crippen molar-refractivity contribution < 1.29 is 0 Å². The molecule has 0 unspecified atom stereocenters. The Morgan fingerprint density at radius 2 is 0.700 bits per heavy atom. The molecular formula is C69H69N. The quantitative estimate of drug-likeness (QED) is 0.0873. The summed E-state index contributed by atoms with van der Waals surface area (Å²) in [7, 11) is 0. The summed E-state index contributed by atoms with van der Waals surface area (Å²) in [4.78, 5) is 2.59. The predicted molar refractivity (Wildman–Crippen MR) is 297 cm³/mol. The Morgan fingerprint density at radius 1 is 0.329 bits per heavy atom. The molecule has 8 aromatic carbocycles. The minimum absolute atomic E-state index is 0.0855. The van der Waals surface area contributed by atoms with Gasteiger partial charge in [-0.3, -0.25) is 0 Å². The second-order valence-electron chi connectivity index (χ2n) is 21.7. The van der Waals surface area contributed by atoms with Gasteiger partial charge in [0, 0.05) is 16.5 Å². The lowest BCUT2D eigenvalue weighted by molar-refractivity contribution is 0.398. The summed E-state index contributed by atoms with van der Waals surface area (Å²) in [5.41, 5.74) is 25.7. The van der Waals surface area contributed by atoms with Gasteiger partial charge in [-0.15, -0.1) is 0 Å². The third-order valence-corrected chi connectivity index (χ3v) is 17.5. The van der Waals surface area contributed by atoms with E-state index >= 15 is 0 Å². The van der Waals surface area contributed by atoms with Crippen molar-refractivity contribution in [1.29, 1.82) is 0 Å². The smallest absolute Gasteiger partial charge is 0.0725 e. The Morgan fingerprint density at radius 3 is 1.20 bits per heavy atom. The number of hydrogen-bond acceptors (Lipinski definition) is 1. The standard InChI is InChI=1S/C69H69N/c1-5-7-9-11-13-25-43-68(44-26-14-12-10-8-6-2)62-45-48(37-40-54(62)55-42-39-50(47-63(55)68)70-65-35-23-21-33-60(65)67(3,4)61-34-22-24-36-66(61)70)49-38-41-56-53-29-17-20-32-59(53)69(64(56)46-49)57-30-18-15-27-51(57)52-28-16-19-31-58(52)69/h15-24,27-42,45-47H,5-14,25-26,43-44H2,1-4H3. The number of nitrogens with zero attached hydrogens (tertiary/aromatic N) is 1. The van der Waals surface area contributed by atoms with E-state index < -0.39 is 0 Å². The van der Waals surface area contributed by atoms with E-state index in [9.17, 15) is 0 Å². The van der Waals surface area contributed by atoms with Gasteiger partial charge < -0.3 is 4.90 Å². The van der Waals surface area contributed by atoms with E-state index in [1.807, 2.05) is 0 Å². The second-order valence-corrected chi connectivity index (χ2v) is 21.7. The van der Waals surface area contributed by atoms with Crippen LogP contribution in [0, 0.1) is 0 Å². The van der Waals surface area contributed by atoms with Crippen LogP contribution in [0.15, 0.2) is 176 Å². The molecule has 1 heteroatoms. The largest absolute Gasteiger partial charge is 0.310 e. The van der Waals surface area contributed by atoms with Gasteiger partial charge >= 0.3 is 0 Å². The van der Waals surface area contributed by atoms with Crippen molar-refractivity contribution in [2.75, 3.05) is 4.90 Å². The number of rotatable bonds is 16. The number of para-hydroxylation sites is 2. The third kappa shape index (κ3) is 6.85. The van der Waals surface area contributed by atoms with Gasteiger partial charge in [0.15, 0.2) is 0 Å². The summed E-state index contributed by atoms with van der Waals surface area (Å²) in [6, 6.07) is 68.6. The summed E-state index contributed by atoms with van der Waals surface area (Å²) in [5, 5.41) is 0. The Hall–Kier alpha value is -6.44. The molecule has 1 nitrogen and oxygen atoms in total. The molecule has 12 rings (SSSR count). The molecule has 350 valence electrons. The molecule has 70 heavy (non-hydrogen) atoms. The normalized spacial score (nSPS) is 15.4. The van der Waals surface area contributed by atoms with Crippen molar-refractivity contribution in [3.8, 4) is 44.5 Å². The zero-order valence-electron chi connectivity index (χ0n) is 42.1. The Kier molecular flexibility index (Phi) is 11.5. The Bertz CT molecular complexity index is 3120. The molecule has 0 bridgehead atoms. The predicted octanol–water partition coefficient (Wildman–Crippen LogP) is 19.6. The van der Waals surface area contributed by atoms with Crippen molar-refractivity contribution in [1.82, 2.24) is 0 Å². The van der Waals surface area contributed by atoms with Gasteiger partial charge in [0.1, 0.15) is 0 Å². The highest BCUT2D eigenvalue weighted by atomic mass is 15.2. The summed E-state index contributed by atoms with van der Waals surface area (Å²) in [5.74, 6) is 0. The number of fused-ring (bicyclic) bond motifs is 15. The first-order chi connectivity index (χ1) is 34.4. The fourth-order valence-electron chi connectivity index (χ4n) is 14.1. The van der Waals surface area contributed by atoms with Crippen LogP contribution in [-0.4, -0.2) is 0 Å². The Balaban J connectivity index is 1.02. The van der Waals surface area contributed by atoms with Gasteiger partial charge in [-0.05, 0) is 138 Å². The van der Waals surface area contributed by atoms with Crippen LogP contribution in [0.25, 0.3) is 44.5 Å². The summed E-state index contributed by atoms with van der Waals surface area (Å²) in [6.07, 6.45) is 18.0. The molecular weight excluding hydrogens is 843 g/mol. The van der Waals surface area contributed by atoms with Crippen LogP contribution in [-0.2, 0) is 16.2 Å². The first kappa shape index (κ1) is 44.7. The van der Waals surface area contributed by atoms with Gasteiger partial charge in [-0.1, -0.05) is 244 Å². The third-order valence-electron chi connectivity index (χ3n) is 17.5. The molecule has 0 saturated carbocycles. The van der Waals surface area contributed by atoms with E-state index in [0.717, 1.165) is 0 Å². The van der Waals surface area contributed by atoms with Crippen LogP contribution in [0.2, 0.25) is 0 Å². The van der Waals surface area contributed by atoms with Gasteiger partial charge in [-0.2, -0.15) is 0 Å². The monoisotopic (exact) mass is 912 g/mol. The fourth-order valence-corrected chi connectivity index (χ4v) is 14.1. The maximum Gasteiger partial charge on any atom is 0.0725 e. The van der Waals surface area contributed by atoms with E-state index in [1.54, 1.807) is 11.1 Å². The SMILES string of the molecule is CCCCCCCCC1(CCCCCCCC)c2cc(-c3ccc4c(c3)C3(c5ccccc5-c5ccccc53)c3ccccc3-4)ccc2-c2ccc(N3c4ccccc4C(C)(C)c4ccccc43)cc21. The molecule has 1 aliphatic heterocycles. The van der Waals surface area contributed by atoms with Crippen LogP contribution in [0.5, 0.6) is 0 Å². The average molecular weight is 912 g/mol. The summed E-state index contributed by atoms with van der Waals surface area (Å²) < 4.78 is 0. The average Bonchev–Trinajstić information content (AvgIpc) is 3.97. The minimum atomic E-state index is -0.362. The topological polar surface area (TPSA) is 3.24 Å². The van der Waals surface area contributed by atoms with Gasteiger partial charge in [0.2, 0.25) is 0 Å². The van der Waals surface area contributed by atoms with Crippen molar-refractivity contribution >= 4 is 17.1 Å². The number of anilines is 3. The zero-order valence-corrected chi connectivity index (χ0v) is 42.1. The van der Waals surface area contributed by atoms with Crippen LogP contribution in [0.4, 0.5) is 17.1 Å². The lowest BCUT2D eigenvalue weighted by Crippen LogP contribution is -2.31. The van der Waals surface area contributed by atoms with Crippen LogP contribution >= 0.6 is 0 Å². The molecule has 0 aromatic heterocycles. The van der Waals surface area contributed by atoms with E-state index in [2.05, 4.69) is 209 Å². The minimum Gasteiger partial charge on any atom is -0.310 e. The van der Waals surface area contributed by atoms with Crippen molar-refractivity contribution in [3.63, 3.8) is 0 Å². The van der Waals surface area contributed by atoms with Crippen molar-refractivity contribution in [2.24, 2.45) is 0 Å². The van der Waals surface area contributed by atoms with E-state index in [0.29, 0.717) is 0 Å². The number of unbranched alkanes of at least 4 members (excludes halogenated alkanes) is 10. The summed E-state index contributed by atoms with van der Waals surface area (Å²) >= 11 is 0. The van der Waals surface area contributed by atoms with Crippen molar-refractivity contribution in [3.05, 3.63) is 220 Å². The van der Waals surface area contributed by atoms with Gasteiger partial charge in [-0.25, -0.2) is 0 Å². The molecule has 0 saturated heterocycles. The summed E-state index contributed by atoms with van der Waals surface area (Å²) in [6.45, 7) is 9.47. The fraction of sp³-hybridized carbons (Fsp3) is 0.304. The molecule has 3 aliphatic carbocycles. The highest BCUT2D eigenvalue weighted by Gasteiger charge is 2.52. The highest BCUT2D eigenvalue weighted by molar-refractivity contribution is 5.96. The maximum absolute atomic E-state index is 2.67. The van der Waals surface area contributed by atoms with Crippen molar-refractivity contribution in [2.45, 2.75) is 134 Å². The number of benzene rings is 8. The maximum atomic E-state index is 2.67. The van der Waals surface area contributed by atoms with Crippen LogP contribution < -0.4 is 4.90 Å². The van der Waals surface area contributed by atoms with E-state index in [1.165, 1.54) is 185 Å². The first-order valence-electron chi connectivity index (χ1n) is 27.1. The molecule has 0 atom stereocenters. The molecule has 1 spiro atoms. The van der Waals surface area contributed by atoms with Gasteiger partial charge in [0.05, 0.1) is 16.8 Å². The Labute approximate surface area is 418 Å². The molecule has 0 radical (unpaired) electrons. The lowest BCUT2D eigenvalue weighted by atomic mass is 9.69. The second kappa shape index (κ2) is 18.1. The van der Waals surface area contributed by atoms with Gasteiger partial charge in [0.25, 0.3) is 0 Å². The first-order valence-corrected chi connectivity index (χ1v) is 27.1. The molecule has 8 aromatic rings.